The maximum atomic E-state index is 13.2. The molecule has 0 amide bonds. The van der Waals surface area contributed by atoms with Crippen molar-refractivity contribution in [1.82, 2.24) is 18.8 Å². The molecule has 1 aromatic carbocycles. The van der Waals surface area contributed by atoms with Crippen molar-refractivity contribution >= 4 is 21.6 Å². The summed E-state index contributed by atoms with van der Waals surface area (Å²) >= 11 is 6.17. The molecule has 142 valence electrons. The molecular formula is C19H21ClN4O2S. The number of aromatic nitrogens is 3. The molecule has 0 unspecified atom stereocenters. The van der Waals surface area contributed by atoms with E-state index in [4.69, 9.17) is 11.6 Å². The number of benzene rings is 1. The molecule has 8 heteroatoms. The van der Waals surface area contributed by atoms with Gasteiger partial charge < -0.3 is 4.57 Å². The van der Waals surface area contributed by atoms with Gasteiger partial charge in [0.05, 0.1) is 6.33 Å². The molecule has 0 atom stereocenters. The molecule has 0 bridgehead atoms. The highest BCUT2D eigenvalue weighted by atomic mass is 35.5. The van der Waals surface area contributed by atoms with Crippen molar-refractivity contribution in [2.45, 2.75) is 31.5 Å². The van der Waals surface area contributed by atoms with E-state index in [0.29, 0.717) is 0 Å². The van der Waals surface area contributed by atoms with Crippen LogP contribution in [0.5, 0.6) is 0 Å². The van der Waals surface area contributed by atoms with E-state index in [0.717, 1.165) is 17.5 Å². The molecule has 27 heavy (non-hydrogen) atoms. The number of hydrogen-bond donors (Lipinski definition) is 0. The molecule has 3 aromatic rings. The lowest BCUT2D eigenvalue weighted by Crippen LogP contribution is -2.31. The standard InChI is InChI=1S/C19H21ClN4O2S/c1-3-15-6-8-16(9-7-15)12-24(13-17-5-4-10-21-11-17)27(25,26)19-18(20)23(2)14-22-19/h4-11,14H,3,12-13H2,1-2H3. The number of pyridine rings is 1. The van der Waals surface area contributed by atoms with E-state index >= 15 is 0 Å². The van der Waals surface area contributed by atoms with Crippen molar-refractivity contribution in [1.29, 1.82) is 0 Å². The van der Waals surface area contributed by atoms with Gasteiger partial charge in [0.15, 0.2) is 0 Å². The molecule has 0 aliphatic heterocycles. The van der Waals surface area contributed by atoms with Crippen molar-refractivity contribution in [3.05, 3.63) is 77.0 Å². The van der Waals surface area contributed by atoms with Crippen LogP contribution in [0.15, 0.2) is 60.1 Å². The molecule has 0 spiro atoms. The lowest BCUT2D eigenvalue weighted by molar-refractivity contribution is 0.399. The SMILES string of the molecule is CCc1ccc(CN(Cc2cccnc2)S(=O)(=O)c2ncn(C)c2Cl)cc1. The van der Waals surface area contributed by atoms with Crippen LogP contribution in [-0.4, -0.2) is 27.3 Å². The molecule has 2 heterocycles. The summed E-state index contributed by atoms with van der Waals surface area (Å²) in [7, 11) is -2.23. The molecule has 0 aliphatic carbocycles. The highest BCUT2D eigenvalue weighted by Gasteiger charge is 2.30. The Bertz CT molecular complexity index is 1000. The van der Waals surface area contributed by atoms with Crippen LogP contribution >= 0.6 is 11.6 Å². The summed E-state index contributed by atoms with van der Waals surface area (Å²) < 4.78 is 29.3. The van der Waals surface area contributed by atoms with Crippen molar-refractivity contribution < 1.29 is 8.42 Å². The first-order chi connectivity index (χ1) is 12.9. The fraction of sp³-hybridized carbons (Fsp3) is 0.263. The smallest absolute Gasteiger partial charge is 0.264 e. The Balaban J connectivity index is 1.96. The largest absolute Gasteiger partial charge is 0.324 e. The summed E-state index contributed by atoms with van der Waals surface area (Å²) in [4.78, 5) is 8.08. The van der Waals surface area contributed by atoms with Crippen LogP contribution in [0.3, 0.4) is 0 Å². The minimum absolute atomic E-state index is 0.0903. The molecule has 0 radical (unpaired) electrons. The third-order valence-corrected chi connectivity index (χ3v) is 6.57. The van der Waals surface area contributed by atoms with Crippen LogP contribution in [0.25, 0.3) is 0 Å². The van der Waals surface area contributed by atoms with E-state index in [9.17, 15) is 8.42 Å². The van der Waals surface area contributed by atoms with Gasteiger partial charge in [0.25, 0.3) is 10.0 Å². The Kier molecular flexibility index (Phi) is 5.94. The van der Waals surface area contributed by atoms with E-state index in [2.05, 4.69) is 16.9 Å². The van der Waals surface area contributed by atoms with E-state index in [1.807, 2.05) is 30.3 Å². The topological polar surface area (TPSA) is 68.1 Å². The zero-order valence-electron chi connectivity index (χ0n) is 15.2. The van der Waals surface area contributed by atoms with Gasteiger partial charge in [-0.3, -0.25) is 4.98 Å². The average Bonchev–Trinajstić information content (AvgIpc) is 3.02. The summed E-state index contributed by atoms with van der Waals surface area (Å²) in [6, 6.07) is 11.5. The van der Waals surface area contributed by atoms with Gasteiger partial charge in [-0.2, -0.15) is 4.31 Å². The minimum atomic E-state index is -3.88. The molecule has 6 nitrogen and oxygen atoms in total. The second kappa shape index (κ2) is 8.21. The minimum Gasteiger partial charge on any atom is -0.324 e. The van der Waals surface area contributed by atoms with Crippen LogP contribution in [0.2, 0.25) is 5.15 Å². The van der Waals surface area contributed by atoms with Crippen molar-refractivity contribution in [3.63, 3.8) is 0 Å². The van der Waals surface area contributed by atoms with Crippen molar-refractivity contribution in [3.8, 4) is 0 Å². The maximum Gasteiger partial charge on any atom is 0.264 e. The fourth-order valence-corrected chi connectivity index (χ4v) is 4.50. The Morgan fingerprint density at radius 3 is 2.30 bits per heavy atom. The fourth-order valence-electron chi connectivity index (χ4n) is 2.69. The Labute approximate surface area is 164 Å². The number of sulfonamides is 1. The van der Waals surface area contributed by atoms with E-state index in [1.54, 1.807) is 25.5 Å². The second-order valence-corrected chi connectivity index (χ2v) is 8.47. The number of halogens is 1. The van der Waals surface area contributed by atoms with E-state index < -0.39 is 10.0 Å². The first kappa shape index (κ1) is 19.5. The number of rotatable bonds is 7. The first-order valence-corrected chi connectivity index (χ1v) is 10.4. The van der Waals surface area contributed by atoms with Gasteiger partial charge >= 0.3 is 0 Å². The summed E-state index contributed by atoms with van der Waals surface area (Å²) in [5, 5.41) is -0.0479. The molecule has 2 aromatic heterocycles. The predicted octanol–water partition coefficient (Wildman–Crippen LogP) is 3.42. The zero-order chi connectivity index (χ0) is 19.4. The zero-order valence-corrected chi connectivity index (χ0v) is 16.8. The number of aryl methyl sites for hydroxylation is 2. The van der Waals surface area contributed by atoms with Gasteiger partial charge in [0.2, 0.25) is 5.03 Å². The normalized spacial score (nSPS) is 11.9. The summed E-state index contributed by atoms with van der Waals surface area (Å²) in [6.45, 7) is 2.48. The second-order valence-electron chi connectivity index (χ2n) is 6.26. The predicted molar refractivity (Wildman–Crippen MR) is 105 cm³/mol. The van der Waals surface area contributed by atoms with Crippen LogP contribution in [0, 0.1) is 0 Å². The molecule has 0 saturated carbocycles. The summed E-state index contributed by atoms with van der Waals surface area (Å²) in [5.74, 6) is 0. The van der Waals surface area contributed by atoms with Gasteiger partial charge in [-0.25, -0.2) is 13.4 Å². The Hall–Kier alpha value is -2.22. The summed E-state index contributed by atoms with van der Waals surface area (Å²) in [6.07, 6.45) is 5.64. The Morgan fingerprint density at radius 2 is 1.74 bits per heavy atom. The van der Waals surface area contributed by atoms with Crippen LogP contribution in [-0.2, 0) is 36.6 Å². The van der Waals surface area contributed by atoms with Crippen LogP contribution in [0.4, 0.5) is 0 Å². The highest BCUT2D eigenvalue weighted by Crippen LogP contribution is 2.25. The maximum absolute atomic E-state index is 13.2. The first-order valence-electron chi connectivity index (χ1n) is 8.55. The van der Waals surface area contributed by atoms with Crippen LogP contribution in [0.1, 0.15) is 23.6 Å². The van der Waals surface area contributed by atoms with Crippen LogP contribution < -0.4 is 0 Å². The molecule has 0 aliphatic rings. The third-order valence-electron chi connectivity index (χ3n) is 4.29. The molecular weight excluding hydrogens is 384 g/mol. The molecule has 0 N–H and O–H groups in total. The number of imidazole rings is 1. The molecule has 3 rings (SSSR count). The van der Waals surface area contributed by atoms with E-state index in [1.165, 1.54) is 20.8 Å². The monoisotopic (exact) mass is 404 g/mol. The van der Waals surface area contributed by atoms with Gasteiger partial charge in [-0.05, 0) is 29.2 Å². The number of nitrogens with zero attached hydrogens (tertiary/aromatic N) is 4. The van der Waals surface area contributed by atoms with E-state index in [-0.39, 0.29) is 23.3 Å². The lowest BCUT2D eigenvalue weighted by atomic mass is 10.1. The van der Waals surface area contributed by atoms with Gasteiger partial charge in [-0.1, -0.05) is 48.9 Å². The average molecular weight is 405 g/mol. The number of hydrogen-bond acceptors (Lipinski definition) is 4. The quantitative estimate of drug-likeness (QED) is 0.605. The Morgan fingerprint density at radius 1 is 1.07 bits per heavy atom. The molecule has 0 fully saturated rings. The lowest BCUT2D eigenvalue weighted by Gasteiger charge is -2.21. The van der Waals surface area contributed by atoms with Gasteiger partial charge in [-0.15, -0.1) is 0 Å². The van der Waals surface area contributed by atoms with Crippen molar-refractivity contribution in [2.24, 2.45) is 7.05 Å². The van der Waals surface area contributed by atoms with Gasteiger partial charge in [0, 0.05) is 32.5 Å². The third kappa shape index (κ3) is 4.37. The van der Waals surface area contributed by atoms with Crippen molar-refractivity contribution in [2.75, 3.05) is 0 Å². The van der Waals surface area contributed by atoms with Gasteiger partial charge in [0.1, 0.15) is 5.15 Å². The highest BCUT2D eigenvalue weighted by molar-refractivity contribution is 7.89. The molecule has 0 saturated heterocycles. The summed E-state index contributed by atoms with van der Waals surface area (Å²) in [5.41, 5.74) is 2.89.